The van der Waals surface area contributed by atoms with Crippen molar-refractivity contribution in [3.63, 3.8) is 0 Å². The van der Waals surface area contributed by atoms with Gasteiger partial charge in [0.1, 0.15) is 16.6 Å². The largest absolute Gasteiger partial charge is 0.367 e. The second-order valence-corrected chi connectivity index (χ2v) is 11.5. The summed E-state index contributed by atoms with van der Waals surface area (Å²) >= 11 is 1.54. The van der Waals surface area contributed by atoms with Crippen molar-refractivity contribution in [2.75, 3.05) is 43.4 Å². The van der Waals surface area contributed by atoms with E-state index in [2.05, 4.69) is 62.9 Å². The second-order valence-electron chi connectivity index (χ2n) is 10.5. The molecule has 3 heterocycles. The van der Waals surface area contributed by atoms with Crippen LogP contribution in [0.5, 0.6) is 0 Å². The van der Waals surface area contributed by atoms with E-state index in [9.17, 15) is 4.39 Å². The zero-order chi connectivity index (χ0) is 26.9. The SMILES string of the molecule is CC(C)Cn1c(-c2ccc(F)cc2)nc2cc(Nc3nnc(-c4ccccc4)s3)c(N3CCN(C)CC3)cc21. The Morgan fingerprint density at radius 1 is 0.923 bits per heavy atom. The van der Waals surface area contributed by atoms with Gasteiger partial charge in [-0.25, -0.2) is 9.37 Å². The fourth-order valence-electron chi connectivity index (χ4n) is 5.02. The van der Waals surface area contributed by atoms with Crippen molar-refractivity contribution in [3.05, 3.63) is 72.5 Å². The summed E-state index contributed by atoms with van der Waals surface area (Å²) in [5, 5.41) is 14.1. The van der Waals surface area contributed by atoms with Crippen LogP contribution in [-0.2, 0) is 6.54 Å². The molecule has 0 amide bonds. The zero-order valence-electron chi connectivity index (χ0n) is 22.4. The van der Waals surface area contributed by atoms with Crippen molar-refractivity contribution in [1.29, 1.82) is 0 Å². The number of rotatable bonds is 7. The van der Waals surface area contributed by atoms with Gasteiger partial charge in [0.25, 0.3) is 0 Å². The Bertz CT molecular complexity index is 1570. The van der Waals surface area contributed by atoms with Crippen LogP contribution >= 0.6 is 11.3 Å². The summed E-state index contributed by atoms with van der Waals surface area (Å²) < 4.78 is 16.0. The molecule has 0 aliphatic carbocycles. The maximum Gasteiger partial charge on any atom is 0.210 e. The lowest BCUT2D eigenvalue weighted by molar-refractivity contribution is 0.313. The van der Waals surface area contributed by atoms with Crippen LogP contribution in [0, 0.1) is 11.7 Å². The first kappa shape index (κ1) is 25.5. The Morgan fingerprint density at radius 3 is 2.38 bits per heavy atom. The van der Waals surface area contributed by atoms with Gasteiger partial charge in [-0.05, 0) is 49.4 Å². The number of hydrogen-bond acceptors (Lipinski definition) is 7. The van der Waals surface area contributed by atoms with E-state index in [0.717, 1.165) is 82.2 Å². The molecule has 2 aromatic heterocycles. The number of imidazole rings is 1. The highest BCUT2D eigenvalue weighted by molar-refractivity contribution is 7.18. The van der Waals surface area contributed by atoms with E-state index in [1.54, 1.807) is 12.1 Å². The molecule has 1 aliphatic heterocycles. The van der Waals surface area contributed by atoms with Gasteiger partial charge in [-0.2, -0.15) is 0 Å². The maximum absolute atomic E-state index is 13.7. The van der Waals surface area contributed by atoms with Crippen molar-refractivity contribution in [2.24, 2.45) is 5.92 Å². The van der Waals surface area contributed by atoms with Crippen molar-refractivity contribution >= 4 is 38.9 Å². The maximum atomic E-state index is 13.7. The lowest BCUT2D eigenvalue weighted by Gasteiger charge is -2.35. The number of anilines is 3. The Kier molecular flexibility index (Phi) is 7.01. The van der Waals surface area contributed by atoms with Crippen LogP contribution in [-0.4, -0.2) is 57.9 Å². The second kappa shape index (κ2) is 10.7. The molecule has 1 saturated heterocycles. The molecule has 0 bridgehead atoms. The molecular formula is C30H32FN7S. The topological polar surface area (TPSA) is 62.1 Å². The number of halogens is 1. The van der Waals surface area contributed by atoms with Crippen molar-refractivity contribution in [2.45, 2.75) is 20.4 Å². The predicted molar refractivity (Wildman–Crippen MR) is 158 cm³/mol. The third-order valence-corrected chi connectivity index (χ3v) is 7.93. The molecule has 6 rings (SSSR count). The Labute approximate surface area is 231 Å². The van der Waals surface area contributed by atoms with Gasteiger partial charge >= 0.3 is 0 Å². The predicted octanol–water partition coefficient (Wildman–Crippen LogP) is 6.51. The van der Waals surface area contributed by atoms with Gasteiger partial charge in [0.2, 0.25) is 5.13 Å². The number of piperazine rings is 1. The van der Waals surface area contributed by atoms with Crippen LogP contribution < -0.4 is 10.2 Å². The first-order valence-electron chi connectivity index (χ1n) is 13.3. The molecule has 39 heavy (non-hydrogen) atoms. The van der Waals surface area contributed by atoms with Gasteiger partial charge in [0.15, 0.2) is 0 Å². The third kappa shape index (κ3) is 5.37. The molecule has 1 fully saturated rings. The van der Waals surface area contributed by atoms with Gasteiger partial charge in [-0.15, -0.1) is 10.2 Å². The fourth-order valence-corrected chi connectivity index (χ4v) is 5.79. The molecule has 0 unspecified atom stereocenters. The molecule has 1 N–H and O–H groups in total. The van der Waals surface area contributed by atoms with Crippen LogP contribution in [0.1, 0.15) is 13.8 Å². The number of fused-ring (bicyclic) bond motifs is 1. The number of benzene rings is 3. The van der Waals surface area contributed by atoms with E-state index in [1.165, 1.54) is 23.5 Å². The standard InChI is InChI=1S/C30H32FN7S/c1-20(2)19-38-27-18-26(37-15-13-36(3)14-16-37)24(17-25(27)32-28(38)21-9-11-23(31)12-10-21)33-30-35-34-29(39-30)22-7-5-4-6-8-22/h4-12,17-18,20H,13-16,19H2,1-3H3,(H,33,35). The van der Waals surface area contributed by atoms with Gasteiger partial charge in [0.05, 0.1) is 22.4 Å². The molecule has 200 valence electrons. The van der Waals surface area contributed by atoms with E-state index in [1.807, 2.05) is 30.3 Å². The molecule has 9 heteroatoms. The van der Waals surface area contributed by atoms with Crippen LogP contribution in [0.15, 0.2) is 66.7 Å². The minimum absolute atomic E-state index is 0.249. The first-order chi connectivity index (χ1) is 18.9. The number of aromatic nitrogens is 4. The van der Waals surface area contributed by atoms with Crippen molar-refractivity contribution in [1.82, 2.24) is 24.6 Å². The molecule has 0 spiro atoms. The summed E-state index contributed by atoms with van der Waals surface area (Å²) in [5.74, 6) is 1.02. The highest BCUT2D eigenvalue weighted by atomic mass is 32.1. The normalized spacial score (nSPS) is 14.4. The number of nitrogens with one attached hydrogen (secondary N) is 1. The smallest absolute Gasteiger partial charge is 0.210 e. The molecular weight excluding hydrogens is 509 g/mol. The molecule has 3 aromatic carbocycles. The fraction of sp³-hybridized carbons (Fsp3) is 0.300. The van der Waals surface area contributed by atoms with E-state index >= 15 is 0 Å². The summed E-state index contributed by atoms with van der Waals surface area (Å²) in [6.07, 6.45) is 0. The summed E-state index contributed by atoms with van der Waals surface area (Å²) in [6.45, 7) is 9.10. The lowest BCUT2D eigenvalue weighted by atomic mass is 10.1. The highest BCUT2D eigenvalue weighted by Gasteiger charge is 2.22. The summed E-state index contributed by atoms with van der Waals surface area (Å²) in [4.78, 5) is 9.85. The van der Waals surface area contributed by atoms with Gasteiger partial charge in [-0.3, -0.25) is 0 Å². The van der Waals surface area contributed by atoms with E-state index in [-0.39, 0.29) is 5.82 Å². The summed E-state index contributed by atoms with van der Waals surface area (Å²) in [7, 11) is 2.17. The first-order valence-corrected chi connectivity index (χ1v) is 14.2. The van der Waals surface area contributed by atoms with Gasteiger partial charge in [0, 0.05) is 43.9 Å². The molecule has 0 radical (unpaired) electrons. The van der Waals surface area contributed by atoms with Crippen molar-refractivity contribution < 1.29 is 4.39 Å². The van der Waals surface area contributed by atoms with E-state index in [4.69, 9.17) is 4.98 Å². The molecule has 1 aliphatic rings. The Morgan fingerprint density at radius 2 is 1.67 bits per heavy atom. The average Bonchev–Trinajstić information content (AvgIpc) is 3.54. The number of likely N-dealkylation sites (N-methyl/N-ethyl adjacent to an activating group) is 1. The highest BCUT2D eigenvalue weighted by Crippen LogP contribution is 2.38. The number of nitrogens with zero attached hydrogens (tertiary/aromatic N) is 6. The molecule has 0 saturated carbocycles. The van der Waals surface area contributed by atoms with Gasteiger partial charge < -0.3 is 19.7 Å². The minimum atomic E-state index is -0.249. The number of hydrogen-bond donors (Lipinski definition) is 1. The summed E-state index contributed by atoms with van der Waals surface area (Å²) in [5.41, 5.74) is 6.01. The summed E-state index contributed by atoms with van der Waals surface area (Å²) in [6, 6.07) is 21.1. The lowest BCUT2D eigenvalue weighted by Crippen LogP contribution is -2.44. The molecule has 5 aromatic rings. The molecule has 0 atom stereocenters. The van der Waals surface area contributed by atoms with Crippen LogP contribution in [0.2, 0.25) is 0 Å². The van der Waals surface area contributed by atoms with Crippen LogP contribution in [0.4, 0.5) is 20.9 Å². The third-order valence-electron chi connectivity index (χ3n) is 7.05. The van der Waals surface area contributed by atoms with Crippen molar-refractivity contribution in [3.8, 4) is 22.0 Å². The van der Waals surface area contributed by atoms with Crippen LogP contribution in [0.25, 0.3) is 33.0 Å². The van der Waals surface area contributed by atoms with E-state index in [0.29, 0.717) is 5.92 Å². The monoisotopic (exact) mass is 541 g/mol. The minimum Gasteiger partial charge on any atom is -0.367 e. The van der Waals surface area contributed by atoms with Crippen LogP contribution in [0.3, 0.4) is 0 Å². The van der Waals surface area contributed by atoms with E-state index < -0.39 is 0 Å². The Hall–Kier alpha value is -3.82. The average molecular weight is 542 g/mol. The Balaban J connectivity index is 1.45. The molecule has 7 nitrogen and oxygen atoms in total. The zero-order valence-corrected chi connectivity index (χ0v) is 23.2. The van der Waals surface area contributed by atoms with Gasteiger partial charge in [-0.1, -0.05) is 55.5 Å². The quantitative estimate of drug-likeness (QED) is 0.253.